The Bertz CT molecular complexity index is 893. The van der Waals surface area contributed by atoms with E-state index >= 15 is 0 Å². The van der Waals surface area contributed by atoms with E-state index in [1.165, 1.54) is 6.42 Å². The van der Waals surface area contributed by atoms with Crippen molar-refractivity contribution in [3.8, 4) is 6.07 Å². The maximum absolute atomic E-state index is 9.56. The molecular formula is C18H16N4O. The van der Waals surface area contributed by atoms with Gasteiger partial charge in [-0.2, -0.15) is 5.26 Å². The first-order valence-corrected chi connectivity index (χ1v) is 7.88. The first kappa shape index (κ1) is 13.8. The summed E-state index contributed by atoms with van der Waals surface area (Å²) in [5, 5.41) is 19.1. The summed E-state index contributed by atoms with van der Waals surface area (Å²) < 4.78 is 7.86. The molecule has 4 rings (SSSR count). The third-order valence-corrected chi connectivity index (χ3v) is 4.20. The molecule has 1 aromatic carbocycles. The van der Waals surface area contributed by atoms with Crippen LogP contribution in [0.1, 0.15) is 36.7 Å². The lowest BCUT2D eigenvalue weighted by Gasteiger charge is -2.05. The van der Waals surface area contributed by atoms with Crippen LogP contribution in [0.2, 0.25) is 0 Å². The number of fused-ring (bicyclic) bond motifs is 2. The molecule has 3 heterocycles. The van der Waals surface area contributed by atoms with Gasteiger partial charge in [0.1, 0.15) is 28.8 Å². The zero-order valence-electron chi connectivity index (χ0n) is 12.7. The van der Waals surface area contributed by atoms with Gasteiger partial charge < -0.3 is 8.98 Å². The molecular weight excluding hydrogens is 288 g/mol. The van der Waals surface area contributed by atoms with E-state index in [0.29, 0.717) is 17.2 Å². The Labute approximate surface area is 133 Å². The first-order chi connectivity index (χ1) is 11.3. The molecule has 3 aromatic rings. The number of nitriles is 1. The average Bonchev–Trinajstić information content (AvgIpc) is 3.09. The summed E-state index contributed by atoms with van der Waals surface area (Å²) in [4.78, 5) is 0. The average molecular weight is 304 g/mol. The Hall–Kier alpha value is -2.87. The Morgan fingerprint density at radius 3 is 3.00 bits per heavy atom. The monoisotopic (exact) mass is 304 g/mol. The molecule has 0 bridgehead atoms. The second kappa shape index (κ2) is 5.73. The molecule has 0 fully saturated rings. The number of allylic oxidation sites excluding steroid dienone is 1. The molecule has 114 valence electrons. The van der Waals surface area contributed by atoms with Crippen LogP contribution >= 0.6 is 0 Å². The van der Waals surface area contributed by atoms with Crippen LogP contribution in [0.5, 0.6) is 0 Å². The molecule has 0 saturated heterocycles. The minimum absolute atomic E-state index is 0.490. The highest BCUT2D eigenvalue weighted by Crippen LogP contribution is 2.24. The number of nitrogens with zero attached hydrogens (tertiary/aromatic N) is 4. The van der Waals surface area contributed by atoms with Crippen molar-refractivity contribution in [3.05, 3.63) is 47.7 Å². The Kier molecular flexibility index (Phi) is 3.43. The fraction of sp³-hybridized carbons (Fsp3) is 0.278. The van der Waals surface area contributed by atoms with Crippen LogP contribution in [0.4, 0.5) is 0 Å². The summed E-state index contributed by atoms with van der Waals surface area (Å²) in [5.41, 5.74) is 1.31. The third kappa shape index (κ3) is 2.53. The van der Waals surface area contributed by atoms with Crippen molar-refractivity contribution in [1.29, 1.82) is 5.26 Å². The van der Waals surface area contributed by atoms with Gasteiger partial charge in [-0.25, -0.2) is 0 Å². The summed E-state index contributed by atoms with van der Waals surface area (Å²) in [6, 6.07) is 12.0. The molecule has 5 nitrogen and oxygen atoms in total. The summed E-state index contributed by atoms with van der Waals surface area (Å²) in [7, 11) is 0. The molecule has 2 aromatic heterocycles. The van der Waals surface area contributed by atoms with Gasteiger partial charge in [0, 0.05) is 24.4 Å². The van der Waals surface area contributed by atoms with Crippen molar-refractivity contribution in [2.75, 3.05) is 0 Å². The molecule has 5 heteroatoms. The standard InChI is InChI=1S/C18H16N4O/c19-12-14(11-15-10-13-6-3-4-7-16(13)23-15)18-21-20-17-8-2-1-5-9-22(17)18/h3-4,6-7,10-11H,1-2,5,8-9H2/b14-11-. The van der Waals surface area contributed by atoms with Gasteiger partial charge in [0.2, 0.25) is 0 Å². The normalized spacial score (nSPS) is 15.2. The van der Waals surface area contributed by atoms with Gasteiger partial charge in [-0.05, 0) is 25.0 Å². The molecule has 0 spiro atoms. The minimum Gasteiger partial charge on any atom is -0.457 e. The zero-order valence-corrected chi connectivity index (χ0v) is 12.7. The van der Waals surface area contributed by atoms with Crippen LogP contribution < -0.4 is 0 Å². The molecule has 0 amide bonds. The highest BCUT2D eigenvalue weighted by molar-refractivity contribution is 5.89. The van der Waals surface area contributed by atoms with Gasteiger partial charge in [0.25, 0.3) is 0 Å². The summed E-state index contributed by atoms with van der Waals surface area (Å²) >= 11 is 0. The van der Waals surface area contributed by atoms with Crippen molar-refractivity contribution in [3.63, 3.8) is 0 Å². The van der Waals surface area contributed by atoms with E-state index in [1.807, 2.05) is 30.3 Å². The predicted octanol–water partition coefficient (Wildman–Crippen LogP) is 3.81. The van der Waals surface area contributed by atoms with Crippen LogP contribution in [0.15, 0.2) is 34.7 Å². The van der Waals surface area contributed by atoms with E-state index in [2.05, 4.69) is 20.8 Å². The number of para-hydroxylation sites is 1. The van der Waals surface area contributed by atoms with Gasteiger partial charge in [0.15, 0.2) is 5.82 Å². The van der Waals surface area contributed by atoms with Crippen molar-refractivity contribution >= 4 is 22.6 Å². The quantitative estimate of drug-likeness (QED) is 0.675. The maximum Gasteiger partial charge on any atom is 0.174 e. The van der Waals surface area contributed by atoms with Crippen molar-refractivity contribution in [2.45, 2.75) is 32.2 Å². The second-order valence-electron chi connectivity index (χ2n) is 5.76. The Morgan fingerprint density at radius 2 is 2.13 bits per heavy atom. The first-order valence-electron chi connectivity index (χ1n) is 7.88. The number of furan rings is 1. The zero-order chi connectivity index (χ0) is 15.6. The number of aryl methyl sites for hydroxylation is 1. The smallest absolute Gasteiger partial charge is 0.174 e. The van der Waals surface area contributed by atoms with Crippen LogP contribution in [0.25, 0.3) is 22.6 Å². The number of benzene rings is 1. The van der Waals surface area contributed by atoms with E-state index in [0.717, 1.165) is 42.6 Å². The fourth-order valence-corrected chi connectivity index (χ4v) is 3.05. The van der Waals surface area contributed by atoms with E-state index in [9.17, 15) is 5.26 Å². The van der Waals surface area contributed by atoms with Crippen molar-refractivity contribution in [1.82, 2.24) is 14.8 Å². The van der Waals surface area contributed by atoms with Gasteiger partial charge in [-0.1, -0.05) is 24.6 Å². The highest BCUT2D eigenvalue weighted by atomic mass is 16.3. The van der Waals surface area contributed by atoms with Crippen LogP contribution in [-0.2, 0) is 13.0 Å². The predicted molar refractivity (Wildman–Crippen MR) is 87.3 cm³/mol. The van der Waals surface area contributed by atoms with Crippen molar-refractivity contribution in [2.24, 2.45) is 0 Å². The highest BCUT2D eigenvalue weighted by Gasteiger charge is 2.18. The molecule has 0 aliphatic carbocycles. The molecule has 0 saturated carbocycles. The van der Waals surface area contributed by atoms with E-state index < -0.39 is 0 Å². The van der Waals surface area contributed by atoms with E-state index in [1.54, 1.807) is 6.08 Å². The molecule has 1 aliphatic heterocycles. The lowest BCUT2D eigenvalue weighted by molar-refractivity contribution is 0.604. The van der Waals surface area contributed by atoms with E-state index in [-0.39, 0.29) is 0 Å². The lowest BCUT2D eigenvalue weighted by atomic mass is 10.2. The molecule has 0 N–H and O–H groups in total. The van der Waals surface area contributed by atoms with Gasteiger partial charge in [-0.3, -0.25) is 0 Å². The second-order valence-corrected chi connectivity index (χ2v) is 5.76. The van der Waals surface area contributed by atoms with Crippen LogP contribution in [-0.4, -0.2) is 14.8 Å². The number of hydrogen-bond acceptors (Lipinski definition) is 4. The minimum atomic E-state index is 0.490. The molecule has 0 atom stereocenters. The van der Waals surface area contributed by atoms with Crippen LogP contribution in [0.3, 0.4) is 0 Å². The number of rotatable bonds is 2. The third-order valence-electron chi connectivity index (χ3n) is 4.20. The Balaban J connectivity index is 1.77. The lowest BCUT2D eigenvalue weighted by Crippen LogP contribution is -2.05. The van der Waals surface area contributed by atoms with Gasteiger partial charge in [-0.15, -0.1) is 10.2 Å². The van der Waals surface area contributed by atoms with Crippen LogP contribution in [0, 0.1) is 11.3 Å². The summed E-state index contributed by atoms with van der Waals surface area (Å²) in [6.45, 7) is 0.872. The molecule has 23 heavy (non-hydrogen) atoms. The van der Waals surface area contributed by atoms with Gasteiger partial charge in [0.05, 0.1) is 0 Å². The Morgan fingerprint density at radius 1 is 1.22 bits per heavy atom. The largest absolute Gasteiger partial charge is 0.457 e. The van der Waals surface area contributed by atoms with Crippen molar-refractivity contribution < 1.29 is 4.42 Å². The fourth-order valence-electron chi connectivity index (χ4n) is 3.05. The van der Waals surface area contributed by atoms with Gasteiger partial charge >= 0.3 is 0 Å². The number of hydrogen-bond donors (Lipinski definition) is 0. The summed E-state index contributed by atoms with van der Waals surface area (Å²) in [5.74, 6) is 2.28. The topological polar surface area (TPSA) is 67.6 Å². The SMILES string of the molecule is N#C/C(=C/c1cc2ccccc2o1)c1nnc2n1CCCCC2. The maximum atomic E-state index is 9.56. The van der Waals surface area contributed by atoms with E-state index in [4.69, 9.17) is 4.42 Å². The number of aromatic nitrogens is 3. The molecule has 0 unspecified atom stereocenters. The molecule has 0 radical (unpaired) electrons. The summed E-state index contributed by atoms with van der Waals surface area (Å²) in [6.07, 6.45) is 6.10. The molecule has 1 aliphatic rings.